The number of hydrogen-bond donors (Lipinski definition) is 3. The standard InChI is InChI=1S/C26H40FN4O14P/c1-8-28-22-30-17-16(10-29-18(17)20(31-22)37-9-2)19-25(7,35)21(32)26(27,45-19)11-40-46(36,41-12-38-23(33)43-14(3)4)42-13-39-24(34)44-15(5)6/h10,14-16,19,21,32,35H,8-9,11-13H2,1-7H3,(H,28,30,31)/t16?,19-,21-,25-,26+/m0/s1/i1T. The van der Waals surface area contributed by atoms with Crippen molar-refractivity contribution in [2.75, 3.05) is 38.7 Å². The molecule has 0 amide bonds. The number of carbonyl (C=O) groups excluding carboxylic acids is 2. The van der Waals surface area contributed by atoms with Crippen LogP contribution in [0.2, 0.25) is 0 Å². The Bertz CT molecular complexity index is 1290. The van der Waals surface area contributed by atoms with Gasteiger partial charge in [-0.25, -0.2) is 32.6 Å². The molecule has 0 aliphatic carbocycles. The van der Waals surface area contributed by atoms with E-state index in [1.54, 1.807) is 34.6 Å². The van der Waals surface area contributed by atoms with Crippen LogP contribution in [-0.2, 0) is 41.8 Å². The lowest BCUT2D eigenvalue weighted by Crippen LogP contribution is -2.50. The molecule has 2 aliphatic rings. The summed E-state index contributed by atoms with van der Waals surface area (Å²) in [6.07, 6.45) is -6.07. The van der Waals surface area contributed by atoms with Crippen LogP contribution in [0.4, 0.5) is 25.6 Å². The van der Waals surface area contributed by atoms with Gasteiger partial charge in [-0.3, -0.25) is 9.52 Å². The summed E-state index contributed by atoms with van der Waals surface area (Å²) in [7, 11) is -4.96. The van der Waals surface area contributed by atoms with E-state index >= 15 is 4.39 Å². The van der Waals surface area contributed by atoms with Gasteiger partial charge in [0.1, 0.15) is 30.1 Å². The molecule has 46 heavy (non-hydrogen) atoms. The normalized spacial score (nSPS) is 25.7. The van der Waals surface area contributed by atoms with Gasteiger partial charge in [-0.15, -0.1) is 0 Å². The van der Waals surface area contributed by atoms with Crippen LogP contribution in [0.3, 0.4) is 0 Å². The number of aliphatic imine (C=N–C) groups is 1. The number of phosphoric acid groups is 1. The Morgan fingerprint density at radius 3 is 2.28 bits per heavy atom. The van der Waals surface area contributed by atoms with E-state index in [1.807, 2.05) is 0 Å². The molecule has 0 saturated carbocycles. The van der Waals surface area contributed by atoms with Gasteiger partial charge in [0.25, 0.3) is 5.85 Å². The molecule has 260 valence electrons. The number of aliphatic hydroxyl groups excluding tert-OH is 1. The van der Waals surface area contributed by atoms with Crippen LogP contribution in [0.25, 0.3) is 0 Å². The average Bonchev–Trinajstić information content (AvgIpc) is 3.47. The zero-order chi connectivity index (χ0) is 35.0. The first kappa shape index (κ1) is 35.7. The molecule has 0 bridgehead atoms. The summed E-state index contributed by atoms with van der Waals surface area (Å²) < 4.78 is 81.8. The summed E-state index contributed by atoms with van der Waals surface area (Å²) in [5.41, 5.74) is -1.96. The largest absolute Gasteiger partial charge is 0.510 e. The number of aliphatic hydroxyl groups is 2. The quantitative estimate of drug-likeness (QED) is 0.129. The predicted octanol–water partition coefficient (Wildman–Crippen LogP) is 3.48. The summed E-state index contributed by atoms with van der Waals surface area (Å²) in [6.45, 7) is 5.92. The maximum absolute atomic E-state index is 16.3. The molecule has 1 unspecified atom stereocenters. The fraction of sp³-hybridized carbons (Fsp3) is 0.731. The Hall–Kier alpha value is -3.19. The highest BCUT2D eigenvalue weighted by molar-refractivity contribution is 7.48. The number of rotatable bonds is 16. The van der Waals surface area contributed by atoms with E-state index in [4.69, 9.17) is 33.9 Å². The van der Waals surface area contributed by atoms with E-state index in [9.17, 15) is 24.4 Å². The van der Waals surface area contributed by atoms with Gasteiger partial charge >= 0.3 is 20.1 Å². The summed E-state index contributed by atoms with van der Waals surface area (Å²) in [5.74, 6) is -4.13. The lowest BCUT2D eigenvalue weighted by Gasteiger charge is -2.29. The third-order valence-electron chi connectivity index (χ3n) is 6.17. The minimum atomic E-state index is -4.96. The number of ether oxygens (including phenoxy) is 6. The third kappa shape index (κ3) is 9.21. The van der Waals surface area contributed by atoms with Crippen LogP contribution < -0.4 is 10.1 Å². The number of hydrogen-bond acceptors (Lipinski definition) is 18. The van der Waals surface area contributed by atoms with Crippen molar-refractivity contribution in [3.63, 3.8) is 0 Å². The number of nitrogens with one attached hydrogen (secondary N) is 1. The van der Waals surface area contributed by atoms with Crippen molar-refractivity contribution < 1.29 is 72.1 Å². The Morgan fingerprint density at radius 1 is 1.13 bits per heavy atom. The number of fused-ring (bicyclic) bond motifs is 1. The van der Waals surface area contributed by atoms with E-state index in [0.29, 0.717) is 0 Å². The Kier molecular flexibility index (Phi) is 12.1. The molecule has 2 aliphatic heterocycles. The van der Waals surface area contributed by atoms with Crippen molar-refractivity contribution in [2.24, 2.45) is 4.99 Å². The van der Waals surface area contributed by atoms with Crippen molar-refractivity contribution in [1.29, 1.82) is 0 Å². The zero-order valence-electron chi connectivity index (χ0n) is 27.2. The van der Waals surface area contributed by atoms with Crippen LogP contribution in [0.5, 0.6) is 5.88 Å². The number of nitrogens with zero attached hydrogens (tertiary/aromatic N) is 3. The molecule has 3 heterocycles. The summed E-state index contributed by atoms with van der Waals surface area (Å²) in [6, 6.07) is 0. The smallest absolute Gasteiger partial charge is 0.476 e. The van der Waals surface area contributed by atoms with Gasteiger partial charge in [0.05, 0.1) is 30.4 Å². The minimum Gasteiger partial charge on any atom is -0.476 e. The molecule has 0 radical (unpaired) electrons. The maximum Gasteiger partial charge on any atom is 0.510 e. The monoisotopic (exact) mass is 684 g/mol. The van der Waals surface area contributed by atoms with E-state index in [0.717, 1.165) is 6.92 Å². The van der Waals surface area contributed by atoms with Gasteiger partial charge < -0.3 is 44.0 Å². The fourth-order valence-corrected chi connectivity index (χ4v) is 5.15. The number of halogens is 1. The molecule has 3 N–H and O–H groups in total. The molecule has 1 saturated heterocycles. The molecular formula is C26H40FN4O14P. The van der Waals surface area contributed by atoms with Gasteiger partial charge in [-0.1, -0.05) is 0 Å². The van der Waals surface area contributed by atoms with Crippen molar-refractivity contribution in [3.8, 4) is 5.88 Å². The van der Waals surface area contributed by atoms with Gasteiger partial charge in [0.15, 0.2) is 0 Å². The van der Waals surface area contributed by atoms with Crippen molar-refractivity contribution in [2.45, 2.75) is 90.2 Å². The van der Waals surface area contributed by atoms with Crippen LogP contribution in [-0.4, -0.2) is 108 Å². The Balaban J connectivity index is 1.80. The summed E-state index contributed by atoms with van der Waals surface area (Å²) in [5, 5.41) is 25.1. The van der Waals surface area contributed by atoms with Crippen LogP contribution in [0.1, 0.15) is 61.4 Å². The first-order valence-corrected chi connectivity index (χ1v) is 15.6. The number of phosphoric ester groups is 1. The fourth-order valence-electron chi connectivity index (χ4n) is 4.23. The number of alkyl halides is 1. The second kappa shape index (κ2) is 15.6. The molecule has 0 aromatic carbocycles. The van der Waals surface area contributed by atoms with Gasteiger partial charge in [0, 0.05) is 14.1 Å². The zero-order valence-corrected chi connectivity index (χ0v) is 27.1. The Labute approximate surface area is 265 Å². The van der Waals surface area contributed by atoms with Gasteiger partial charge in [-0.05, 0) is 48.4 Å². The van der Waals surface area contributed by atoms with Crippen LogP contribution in [0, 0.1) is 0 Å². The van der Waals surface area contributed by atoms with E-state index in [2.05, 4.69) is 29.8 Å². The lowest BCUT2D eigenvalue weighted by atomic mass is 9.84. The van der Waals surface area contributed by atoms with E-state index in [-0.39, 0.29) is 43.3 Å². The molecular weight excluding hydrogens is 642 g/mol. The number of aromatic nitrogens is 2. The third-order valence-corrected chi connectivity index (χ3v) is 7.46. The number of carbonyl (C=O) groups is 2. The summed E-state index contributed by atoms with van der Waals surface area (Å²) >= 11 is 0. The average molecular weight is 685 g/mol. The van der Waals surface area contributed by atoms with Crippen LogP contribution >= 0.6 is 7.82 Å². The van der Waals surface area contributed by atoms with Gasteiger partial charge in [0.2, 0.25) is 25.4 Å². The molecule has 1 aromatic rings. The van der Waals surface area contributed by atoms with E-state index in [1.165, 1.54) is 6.21 Å². The second-order valence-corrected chi connectivity index (χ2v) is 12.2. The highest BCUT2D eigenvalue weighted by Crippen LogP contribution is 2.54. The van der Waals surface area contributed by atoms with Crippen molar-refractivity contribution >= 4 is 38.0 Å². The van der Waals surface area contributed by atoms with Crippen LogP contribution in [0.15, 0.2) is 4.99 Å². The SMILES string of the molecule is [3H]CCNc1nc(OCC)c2c(n1)C([C@@H]1O[C@](F)(COP(=O)(OCOC(=O)OC(C)C)OCOC(=O)OC(C)C)[C@@H](O)[C@@]1(C)O)C=N2. The lowest BCUT2D eigenvalue weighted by molar-refractivity contribution is -0.196. The maximum atomic E-state index is 16.3. The molecule has 18 nitrogen and oxygen atoms in total. The highest BCUT2D eigenvalue weighted by Gasteiger charge is 2.65. The molecule has 1 fully saturated rings. The highest BCUT2D eigenvalue weighted by atomic mass is 31.2. The minimum absolute atomic E-state index is 0.0148. The van der Waals surface area contributed by atoms with Gasteiger partial charge in [-0.2, -0.15) is 4.98 Å². The molecule has 20 heteroatoms. The molecule has 0 spiro atoms. The van der Waals surface area contributed by atoms with E-state index < -0.39 is 82.1 Å². The first-order chi connectivity index (χ1) is 22.0. The van der Waals surface area contributed by atoms with Crippen molar-refractivity contribution in [3.05, 3.63) is 5.69 Å². The molecule has 3 rings (SSSR count). The number of anilines is 1. The second-order valence-electron chi connectivity index (χ2n) is 10.5. The summed E-state index contributed by atoms with van der Waals surface area (Å²) in [4.78, 5) is 36.3. The predicted molar refractivity (Wildman–Crippen MR) is 154 cm³/mol. The first-order valence-electron chi connectivity index (χ1n) is 14.9. The Morgan fingerprint density at radius 2 is 1.74 bits per heavy atom. The topological polar surface area (TPSA) is 225 Å². The molecule has 5 atom stereocenters. The van der Waals surface area contributed by atoms with Crippen molar-refractivity contribution in [1.82, 2.24) is 9.97 Å². The molecule has 1 aromatic heterocycles.